The molecule has 0 radical (unpaired) electrons. The molecule has 7 nitrogen and oxygen atoms in total. The molecule has 0 unspecified atom stereocenters. The monoisotopic (exact) mass is 293 g/mol. The highest BCUT2D eigenvalue weighted by molar-refractivity contribution is 5.68. The largest absolute Gasteiger partial charge is 0.444 e. The SMILES string of the molecule is Cc1cc([N+](=O)[O-])cnc1C=CCNC(=O)OC(C)(C)C. The summed E-state index contributed by atoms with van der Waals surface area (Å²) in [4.78, 5) is 25.5. The van der Waals surface area contributed by atoms with Crippen molar-refractivity contribution in [2.45, 2.75) is 33.3 Å². The van der Waals surface area contributed by atoms with Gasteiger partial charge in [0.2, 0.25) is 0 Å². The van der Waals surface area contributed by atoms with Crippen LogP contribution in [0.2, 0.25) is 0 Å². The van der Waals surface area contributed by atoms with Gasteiger partial charge in [0.05, 0.1) is 10.6 Å². The number of rotatable bonds is 4. The number of aryl methyl sites for hydroxylation is 1. The van der Waals surface area contributed by atoms with Crippen LogP contribution in [-0.4, -0.2) is 28.1 Å². The first-order chi connectivity index (χ1) is 9.69. The van der Waals surface area contributed by atoms with Crippen LogP contribution in [0.25, 0.3) is 6.08 Å². The second-order valence-corrected chi connectivity index (χ2v) is 5.44. The van der Waals surface area contributed by atoms with Gasteiger partial charge in [-0.05, 0) is 39.3 Å². The van der Waals surface area contributed by atoms with Crippen molar-refractivity contribution in [3.63, 3.8) is 0 Å². The van der Waals surface area contributed by atoms with Gasteiger partial charge in [0.25, 0.3) is 5.69 Å². The summed E-state index contributed by atoms with van der Waals surface area (Å²) in [5, 5.41) is 13.2. The van der Waals surface area contributed by atoms with Crippen LogP contribution in [0.5, 0.6) is 0 Å². The Balaban J connectivity index is 2.54. The topological polar surface area (TPSA) is 94.4 Å². The number of alkyl carbamates (subject to hydrolysis) is 1. The second-order valence-electron chi connectivity index (χ2n) is 5.44. The number of pyridine rings is 1. The predicted molar refractivity (Wildman–Crippen MR) is 78.9 cm³/mol. The summed E-state index contributed by atoms with van der Waals surface area (Å²) in [6, 6.07) is 1.45. The highest BCUT2D eigenvalue weighted by Gasteiger charge is 2.15. The normalized spacial score (nSPS) is 11.4. The van der Waals surface area contributed by atoms with Crippen molar-refractivity contribution >= 4 is 17.9 Å². The Hall–Kier alpha value is -2.44. The van der Waals surface area contributed by atoms with Gasteiger partial charge >= 0.3 is 6.09 Å². The number of ether oxygens (including phenoxy) is 1. The Morgan fingerprint density at radius 3 is 2.71 bits per heavy atom. The summed E-state index contributed by atoms with van der Waals surface area (Å²) in [6.07, 6.45) is 4.09. The van der Waals surface area contributed by atoms with Crippen LogP contribution in [0, 0.1) is 17.0 Å². The highest BCUT2D eigenvalue weighted by Crippen LogP contribution is 2.15. The molecule has 1 aromatic rings. The van der Waals surface area contributed by atoms with Gasteiger partial charge in [0.15, 0.2) is 0 Å². The van der Waals surface area contributed by atoms with E-state index in [1.54, 1.807) is 39.8 Å². The average molecular weight is 293 g/mol. The molecule has 1 rings (SSSR count). The maximum absolute atomic E-state index is 11.4. The molecule has 1 aromatic heterocycles. The molecule has 0 aromatic carbocycles. The fraction of sp³-hybridized carbons (Fsp3) is 0.429. The number of amides is 1. The highest BCUT2D eigenvalue weighted by atomic mass is 16.6. The number of nitro groups is 1. The minimum Gasteiger partial charge on any atom is -0.444 e. The predicted octanol–water partition coefficient (Wildman–Crippen LogP) is 2.84. The third-order valence-corrected chi connectivity index (χ3v) is 2.35. The Labute approximate surface area is 123 Å². The van der Waals surface area contributed by atoms with E-state index in [1.807, 2.05) is 0 Å². The van der Waals surface area contributed by atoms with Gasteiger partial charge in [-0.3, -0.25) is 10.1 Å². The lowest BCUT2D eigenvalue weighted by atomic mass is 10.2. The van der Waals surface area contributed by atoms with Crippen LogP contribution in [0.3, 0.4) is 0 Å². The molecule has 0 aliphatic heterocycles. The van der Waals surface area contributed by atoms with Gasteiger partial charge in [-0.1, -0.05) is 6.08 Å². The molecule has 1 amide bonds. The van der Waals surface area contributed by atoms with E-state index in [-0.39, 0.29) is 12.2 Å². The fourth-order valence-electron chi connectivity index (χ4n) is 1.47. The lowest BCUT2D eigenvalue weighted by molar-refractivity contribution is -0.385. The number of nitrogens with zero attached hydrogens (tertiary/aromatic N) is 2. The van der Waals surface area contributed by atoms with Crippen molar-refractivity contribution in [2.75, 3.05) is 6.54 Å². The summed E-state index contributed by atoms with van der Waals surface area (Å²) in [6.45, 7) is 7.37. The molecule has 114 valence electrons. The lowest BCUT2D eigenvalue weighted by Crippen LogP contribution is -2.32. The quantitative estimate of drug-likeness (QED) is 0.680. The van der Waals surface area contributed by atoms with Gasteiger partial charge in [0.1, 0.15) is 11.8 Å². The molecule has 7 heteroatoms. The second kappa shape index (κ2) is 6.83. The first kappa shape index (κ1) is 16.6. The zero-order valence-corrected chi connectivity index (χ0v) is 12.5. The molecule has 0 spiro atoms. The number of hydrogen-bond donors (Lipinski definition) is 1. The summed E-state index contributed by atoms with van der Waals surface area (Å²) in [7, 11) is 0. The molecule has 0 fully saturated rings. The number of nitrogens with one attached hydrogen (secondary N) is 1. The summed E-state index contributed by atoms with van der Waals surface area (Å²) in [5.74, 6) is 0. The molecular formula is C14H19N3O4. The number of carbonyl (C=O) groups excluding carboxylic acids is 1. The summed E-state index contributed by atoms with van der Waals surface area (Å²) >= 11 is 0. The van der Waals surface area contributed by atoms with E-state index in [4.69, 9.17) is 4.74 Å². The number of hydrogen-bond acceptors (Lipinski definition) is 5. The first-order valence-corrected chi connectivity index (χ1v) is 6.43. The van der Waals surface area contributed by atoms with Crippen molar-refractivity contribution in [2.24, 2.45) is 0 Å². The van der Waals surface area contributed by atoms with Gasteiger partial charge in [-0.2, -0.15) is 0 Å². The van der Waals surface area contributed by atoms with E-state index in [9.17, 15) is 14.9 Å². The minimum absolute atomic E-state index is 0.0449. The fourth-order valence-corrected chi connectivity index (χ4v) is 1.47. The third-order valence-electron chi connectivity index (χ3n) is 2.35. The number of aromatic nitrogens is 1. The van der Waals surface area contributed by atoms with Gasteiger partial charge in [-0.25, -0.2) is 9.78 Å². The Morgan fingerprint density at radius 2 is 2.19 bits per heavy atom. The molecular weight excluding hydrogens is 274 g/mol. The lowest BCUT2D eigenvalue weighted by Gasteiger charge is -2.19. The van der Waals surface area contributed by atoms with E-state index >= 15 is 0 Å². The first-order valence-electron chi connectivity index (χ1n) is 6.43. The van der Waals surface area contributed by atoms with E-state index in [1.165, 1.54) is 12.3 Å². The molecule has 0 aliphatic rings. The van der Waals surface area contributed by atoms with Crippen LogP contribution in [-0.2, 0) is 4.74 Å². The van der Waals surface area contributed by atoms with Crippen molar-refractivity contribution in [1.29, 1.82) is 0 Å². The maximum Gasteiger partial charge on any atom is 0.407 e. The van der Waals surface area contributed by atoms with E-state index in [0.29, 0.717) is 11.3 Å². The molecule has 1 heterocycles. The minimum atomic E-state index is -0.537. The molecule has 0 aliphatic carbocycles. The zero-order valence-electron chi connectivity index (χ0n) is 12.5. The van der Waals surface area contributed by atoms with E-state index in [0.717, 1.165) is 0 Å². The molecule has 0 saturated heterocycles. The van der Waals surface area contributed by atoms with Gasteiger partial charge < -0.3 is 10.1 Å². The molecule has 0 saturated carbocycles. The number of carbonyl (C=O) groups is 1. The third kappa shape index (κ3) is 6.03. The summed E-state index contributed by atoms with van der Waals surface area (Å²) in [5.41, 5.74) is 0.727. The molecule has 0 bridgehead atoms. The summed E-state index contributed by atoms with van der Waals surface area (Å²) < 4.78 is 5.08. The van der Waals surface area contributed by atoms with Crippen LogP contribution >= 0.6 is 0 Å². The van der Waals surface area contributed by atoms with Crippen molar-refractivity contribution in [3.8, 4) is 0 Å². The molecule has 1 N–H and O–H groups in total. The Bertz CT molecular complexity index is 562. The Morgan fingerprint density at radius 1 is 1.52 bits per heavy atom. The van der Waals surface area contributed by atoms with Crippen LogP contribution in [0.1, 0.15) is 32.0 Å². The van der Waals surface area contributed by atoms with Crippen molar-refractivity contribution in [1.82, 2.24) is 10.3 Å². The standard InChI is InChI=1S/C14H19N3O4/c1-10-8-11(17(19)20)9-16-12(10)6-5-7-15-13(18)21-14(2,3)4/h5-6,8-9H,7H2,1-4H3,(H,15,18). The van der Waals surface area contributed by atoms with Gasteiger partial charge in [0, 0.05) is 12.6 Å². The van der Waals surface area contributed by atoms with Gasteiger partial charge in [-0.15, -0.1) is 0 Å². The zero-order chi connectivity index (χ0) is 16.0. The van der Waals surface area contributed by atoms with Crippen LogP contribution in [0.4, 0.5) is 10.5 Å². The van der Waals surface area contributed by atoms with Crippen molar-refractivity contribution in [3.05, 3.63) is 39.7 Å². The van der Waals surface area contributed by atoms with E-state index in [2.05, 4.69) is 10.3 Å². The Kier molecular flexibility index (Phi) is 5.40. The molecule has 21 heavy (non-hydrogen) atoms. The van der Waals surface area contributed by atoms with E-state index < -0.39 is 16.6 Å². The van der Waals surface area contributed by atoms with Crippen LogP contribution < -0.4 is 5.32 Å². The average Bonchev–Trinajstić information content (AvgIpc) is 2.33. The smallest absolute Gasteiger partial charge is 0.407 e. The van der Waals surface area contributed by atoms with Crippen LogP contribution in [0.15, 0.2) is 18.3 Å². The molecule has 0 atom stereocenters. The van der Waals surface area contributed by atoms with Crippen molar-refractivity contribution < 1.29 is 14.5 Å². The maximum atomic E-state index is 11.4.